The molecule has 0 nitrogen and oxygen atoms in total. The van der Waals surface area contributed by atoms with Crippen molar-refractivity contribution in [1.82, 2.24) is 0 Å². The van der Waals surface area contributed by atoms with Crippen LogP contribution >= 0.6 is 11.8 Å². The predicted molar refractivity (Wildman–Crippen MR) is 57.5 cm³/mol. The summed E-state index contributed by atoms with van der Waals surface area (Å²) in [5.41, 5.74) is -1.25. The molecule has 118 valence electrons. The van der Waals surface area contributed by atoms with Gasteiger partial charge in [0.1, 0.15) is 0 Å². The Kier molecular flexibility index (Phi) is 4.91. The fourth-order valence-electron chi connectivity index (χ4n) is 1.18. The van der Waals surface area contributed by atoms with E-state index in [2.05, 4.69) is 0 Å². The van der Waals surface area contributed by atoms with Crippen molar-refractivity contribution in [3.05, 3.63) is 40.8 Å². The van der Waals surface area contributed by atoms with Crippen LogP contribution in [-0.2, 0) is 6.18 Å². The minimum absolute atomic E-state index is 0.348. The predicted octanol–water partition coefficient (Wildman–Crippen LogP) is 5.81. The number of rotatable bonds is 2. The molecule has 0 heterocycles. The van der Waals surface area contributed by atoms with Gasteiger partial charge in [-0.2, -0.15) is 39.5 Å². The summed E-state index contributed by atoms with van der Waals surface area (Å²) in [7, 11) is 0. The third-order valence-corrected chi connectivity index (χ3v) is 3.02. The van der Waals surface area contributed by atoms with Crippen LogP contribution in [-0.4, -0.2) is 12.4 Å². The molecule has 1 rings (SSSR count). The molecular weight excluding hydrogens is 335 g/mol. The summed E-state index contributed by atoms with van der Waals surface area (Å²) in [6.45, 7) is 0. The summed E-state index contributed by atoms with van der Waals surface area (Å²) in [5, 5.41) is 0. The fourth-order valence-corrected chi connectivity index (χ4v) is 2.08. The van der Waals surface area contributed by atoms with Crippen molar-refractivity contribution >= 4 is 11.8 Å². The van der Waals surface area contributed by atoms with E-state index in [-0.39, 0.29) is 0 Å². The van der Waals surface area contributed by atoms with Crippen LogP contribution < -0.4 is 0 Å². The lowest BCUT2D eigenvalue weighted by atomic mass is 10.2. The molecule has 10 heteroatoms. The van der Waals surface area contributed by atoms with Gasteiger partial charge in [-0.05, 0) is 18.2 Å². The molecule has 0 radical (unpaired) electrons. The molecule has 0 fully saturated rings. The Hall–Kier alpha value is -1.32. The monoisotopic (exact) mass is 340 g/mol. The molecule has 0 aliphatic heterocycles. The molecule has 0 saturated carbocycles. The van der Waals surface area contributed by atoms with Crippen molar-refractivity contribution in [1.29, 1.82) is 0 Å². The molecule has 0 N–H and O–H groups in total. The van der Waals surface area contributed by atoms with E-state index in [0.717, 1.165) is 12.1 Å². The van der Waals surface area contributed by atoms with Gasteiger partial charge in [-0.3, -0.25) is 0 Å². The highest BCUT2D eigenvalue weighted by molar-refractivity contribution is 8.03. The van der Waals surface area contributed by atoms with Crippen LogP contribution in [0.1, 0.15) is 5.56 Å². The van der Waals surface area contributed by atoms with Crippen molar-refractivity contribution in [3.63, 3.8) is 0 Å². The molecule has 0 aliphatic carbocycles. The quantitative estimate of drug-likeness (QED) is 0.484. The fraction of sp³-hybridized carbons (Fsp3) is 0.273. The summed E-state index contributed by atoms with van der Waals surface area (Å²) in [4.78, 5) is -2.65. The lowest BCUT2D eigenvalue weighted by Gasteiger charge is -2.13. The molecule has 1 aromatic rings. The summed E-state index contributed by atoms with van der Waals surface area (Å²) < 4.78 is 111. The third kappa shape index (κ3) is 5.90. The average Bonchev–Trinajstić information content (AvgIpc) is 2.24. The van der Waals surface area contributed by atoms with Gasteiger partial charge in [0, 0.05) is 11.0 Å². The Morgan fingerprint density at radius 1 is 0.905 bits per heavy atom. The first-order chi connectivity index (χ1) is 9.29. The molecule has 0 amide bonds. The maximum atomic E-state index is 12.5. The van der Waals surface area contributed by atoms with Crippen molar-refractivity contribution in [2.24, 2.45) is 0 Å². The van der Waals surface area contributed by atoms with Crippen molar-refractivity contribution in [3.8, 4) is 0 Å². The van der Waals surface area contributed by atoms with Gasteiger partial charge in [0.25, 0.3) is 0 Å². The second kappa shape index (κ2) is 5.82. The molecule has 0 unspecified atom stereocenters. The normalized spacial score (nSPS) is 14.4. The standard InChI is InChI=1S/C11H5F9S/c12-9(13,14)5-8(11(18,19)20)21-7-3-1-2-6(4-7)10(15,16)17/h1-5H/b8-5-. The van der Waals surface area contributed by atoms with Gasteiger partial charge in [-0.1, -0.05) is 17.8 Å². The van der Waals surface area contributed by atoms with Crippen molar-refractivity contribution < 1.29 is 39.5 Å². The Bertz CT molecular complexity index is 522. The highest BCUT2D eigenvalue weighted by atomic mass is 32.2. The molecule has 0 atom stereocenters. The number of hydrogen-bond acceptors (Lipinski definition) is 1. The number of hydrogen-bond donors (Lipinski definition) is 0. The number of benzene rings is 1. The summed E-state index contributed by atoms with van der Waals surface area (Å²) in [5.74, 6) is 0. The van der Waals surface area contributed by atoms with Crippen LogP contribution in [0.3, 0.4) is 0 Å². The van der Waals surface area contributed by atoms with E-state index < -0.39 is 51.7 Å². The number of thioether (sulfide) groups is 1. The van der Waals surface area contributed by atoms with Crippen molar-refractivity contribution in [2.45, 2.75) is 23.4 Å². The van der Waals surface area contributed by atoms with E-state index in [0.29, 0.717) is 12.1 Å². The highest BCUT2D eigenvalue weighted by Crippen LogP contribution is 2.42. The topological polar surface area (TPSA) is 0 Å². The minimum Gasteiger partial charge on any atom is -0.167 e. The lowest BCUT2D eigenvalue weighted by Crippen LogP contribution is -2.14. The second-order valence-corrected chi connectivity index (χ2v) is 4.79. The average molecular weight is 340 g/mol. The maximum Gasteiger partial charge on any atom is 0.422 e. The lowest BCUT2D eigenvalue weighted by molar-refractivity contribution is -0.137. The van der Waals surface area contributed by atoms with Crippen LogP contribution in [0, 0.1) is 0 Å². The number of allylic oxidation sites excluding steroid dienone is 2. The Labute approximate surface area is 116 Å². The molecule has 0 aliphatic rings. The summed E-state index contributed by atoms with van der Waals surface area (Å²) >= 11 is -0.431. The van der Waals surface area contributed by atoms with E-state index in [9.17, 15) is 39.5 Å². The van der Waals surface area contributed by atoms with Crippen LogP contribution in [0.4, 0.5) is 39.5 Å². The zero-order valence-corrected chi connectivity index (χ0v) is 10.5. The maximum absolute atomic E-state index is 12.5. The molecule has 21 heavy (non-hydrogen) atoms. The largest absolute Gasteiger partial charge is 0.422 e. The van der Waals surface area contributed by atoms with Crippen LogP contribution in [0.15, 0.2) is 40.1 Å². The van der Waals surface area contributed by atoms with Gasteiger partial charge in [-0.15, -0.1) is 0 Å². The zero-order valence-electron chi connectivity index (χ0n) is 9.70. The molecule has 0 aromatic heterocycles. The molecule has 1 aromatic carbocycles. The van der Waals surface area contributed by atoms with E-state index in [1.54, 1.807) is 0 Å². The first-order valence-corrected chi connectivity index (χ1v) is 5.82. The molecule has 0 spiro atoms. The van der Waals surface area contributed by atoms with Gasteiger partial charge in [0.05, 0.1) is 10.5 Å². The Balaban J connectivity index is 3.15. The van der Waals surface area contributed by atoms with E-state index in [1.165, 1.54) is 0 Å². The highest BCUT2D eigenvalue weighted by Gasteiger charge is 2.39. The van der Waals surface area contributed by atoms with Gasteiger partial charge in [0.2, 0.25) is 0 Å². The van der Waals surface area contributed by atoms with Gasteiger partial charge in [0.15, 0.2) is 0 Å². The van der Waals surface area contributed by atoms with Gasteiger partial charge in [-0.25, -0.2) is 0 Å². The van der Waals surface area contributed by atoms with Gasteiger partial charge < -0.3 is 0 Å². The summed E-state index contributed by atoms with van der Waals surface area (Å²) in [6.07, 6.45) is -16.4. The first-order valence-electron chi connectivity index (χ1n) is 5.01. The minimum atomic E-state index is -5.32. The third-order valence-electron chi connectivity index (χ3n) is 1.96. The Morgan fingerprint density at radius 2 is 1.48 bits per heavy atom. The van der Waals surface area contributed by atoms with Crippen LogP contribution in [0.25, 0.3) is 0 Å². The summed E-state index contributed by atoms with van der Waals surface area (Å²) in [6, 6.07) is 2.62. The number of halogens is 9. The first kappa shape index (κ1) is 17.7. The molecule has 0 bridgehead atoms. The van der Waals surface area contributed by atoms with Crippen LogP contribution in [0.2, 0.25) is 0 Å². The van der Waals surface area contributed by atoms with E-state index >= 15 is 0 Å². The van der Waals surface area contributed by atoms with Gasteiger partial charge >= 0.3 is 18.5 Å². The van der Waals surface area contributed by atoms with E-state index in [1.807, 2.05) is 0 Å². The van der Waals surface area contributed by atoms with Crippen molar-refractivity contribution in [2.75, 3.05) is 0 Å². The molecular formula is C11H5F9S. The zero-order chi connectivity index (χ0) is 16.5. The SMILES string of the molecule is FC(F)(F)/C=C(\Sc1cccc(C(F)(F)F)c1)C(F)(F)F. The number of alkyl halides is 9. The van der Waals surface area contributed by atoms with E-state index in [4.69, 9.17) is 0 Å². The smallest absolute Gasteiger partial charge is 0.167 e. The molecule has 0 saturated heterocycles. The van der Waals surface area contributed by atoms with Crippen LogP contribution in [0.5, 0.6) is 0 Å². The Morgan fingerprint density at radius 3 is 1.90 bits per heavy atom. The second-order valence-electron chi connectivity index (χ2n) is 3.68.